The Hall–Kier alpha value is -1.34. The van der Waals surface area contributed by atoms with Gasteiger partial charge in [-0.05, 0) is 47.0 Å². The Kier molecular flexibility index (Phi) is 6.24. The molecule has 0 aliphatic carbocycles. The Bertz CT molecular complexity index is 635. The minimum absolute atomic E-state index is 0.0312. The summed E-state index contributed by atoms with van der Waals surface area (Å²) in [5, 5.41) is 0.0656. The summed E-state index contributed by atoms with van der Waals surface area (Å²) < 4.78 is 5.64. The molecule has 1 unspecified atom stereocenters. The predicted molar refractivity (Wildman–Crippen MR) is 93.7 cm³/mol. The van der Waals surface area contributed by atoms with Crippen molar-refractivity contribution in [2.24, 2.45) is 5.92 Å². The van der Waals surface area contributed by atoms with Gasteiger partial charge >= 0.3 is 5.97 Å². The zero-order valence-corrected chi connectivity index (χ0v) is 15.4. The average Bonchev–Trinajstić information content (AvgIpc) is 2.86. The molecule has 7 heteroatoms. The number of nitrogens with zero attached hydrogens (tertiary/aromatic N) is 1. The highest BCUT2D eigenvalue weighted by Gasteiger charge is 2.32. The normalized spacial score (nSPS) is 17.4. The number of ether oxygens (including phenoxy) is 1. The Labute approximate surface area is 147 Å². The molecule has 0 radical (unpaired) electrons. The first-order valence-corrected chi connectivity index (χ1v) is 9.10. The van der Waals surface area contributed by atoms with Crippen LogP contribution < -0.4 is 4.90 Å². The monoisotopic (exact) mass is 399 g/mol. The number of anilines is 1. The van der Waals surface area contributed by atoms with Crippen LogP contribution in [0.1, 0.15) is 30.6 Å². The predicted octanol–water partition coefficient (Wildman–Crippen LogP) is 3.26. The molecule has 23 heavy (non-hydrogen) atoms. The van der Waals surface area contributed by atoms with Gasteiger partial charge in [0.15, 0.2) is 5.12 Å². The molecule has 0 spiro atoms. The molecule has 1 aromatic rings. The minimum Gasteiger partial charge on any atom is -0.462 e. The number of amides is 1. The van der Waals surface area contributed by atoms with E-state index in [9.17, 15) is 14.4 Å². The van der Waals surface area contributed by atoms with Crippen molar-refractivity contribution in [1.82, 2.24) is 0 Å². The Morgan fingerprint density at radius 1 is 1.43 bits per heavy atom. The van der Waals surface area contributed by atoms with E-state index in [0.717, 1.165) is 5.69 Å². The van der Waals surface area contributed by atoms with Gasteiger partial charge in [-0.25, -0.2) is 4.79 Å². The number of hydrogen-bond donors (Lipinski definition) is 0. The summed E-state index contributed by atoms with van der Waals surface area (Å²) in [5.74, 6) is 0.454. The summed E-state index contributed by atoms with van der Waals surface area (Å²) >= 11 is 4.68. The maximum Gasteiger partial charge on any atom is 0.338 e. The lowest BCUT2D eigenvalue weighted by atomic mass is 10.1. The van der Waals surface area contributed by atoms with Gasteiger partial charge in [0.1, 0.15) is 0 Å². The van der Waals surface area contributed by atoms with Crippen LogP contribution in [0.5, 0.6) is 0 Å². The molecule has 2 rings (SSSR count). The molecule has 0 bridgehead atoms. The van der Waals surface area contributed by atoms with Crippen LogP contribution in [-0.4, -0.2) is 35.9 Å². The van der Waals surface area contributed by atoms with Gasteiger partial charge in [-0.15, -0.1) is 0 Å². The van der Waals surface area contributed by atoms with Gasteiger partial charge in [0, 0.05) is 30.1 Å². The van der Waals surface area contributed by atoms with Crippen molar-refractivity contribution in [3.63, 3.8) is 0 Å². The van der Waals surface area contributed by atoms with Crippen molar-refractivity contribution in [2.75, 3.05) is 23.8 Å². The van der Waals surface area contributed by atoms with Crippen molar-refractivity contribution in [1.29, 1.82) is 0 Å². The van der Waals surface area contributed by atoms with E-state index in [1.807, 2.05) is 0 Å². The molecule has 1 fully saturated rings. The molecule has 1 amide bonds. The fraction of sp³-hybridized carbons (Fsp3) is 0.438. The SMILES string of the molecule is CCOC(=O)c1ccc(N2CC(CSC(C)=O)CC2=O)c(Br)c1. The Balaban J connectivity index is 2.11. The highest BCUT2D eigenvalue weighted by Crippen LogP contribution is 2.33. The van der Waals surface area contributed by atoms with E-state index in [1.165, 1.54) is 18.7 Å². The Morgan fingerprint density at radius 2 is 2.17 bits per heavy atom. The van der Waals surface area contributed by atoms with Crippen molar-refractivity contribution in [3.05, 3.63) is 28.2 Å². The van der Waals surface area contributed by atoms with E-state index in [4.69, 9.17) is 4.74 Å². The molecule has 0 N–H and O–H groups in total. The number of carbonyl (C=O) groups excluding carboxylic acids is 3. The van der Waals surface area contributed by atoms with Gasteiger partial charge in [-0.1, -0.05) is 11.8 Å². The molecule has 0 aromatic heterocycles. The van der Waals surface area contributed by atoms with Crippen molar-refractivity contribution in [3.8, 4) is 0 Å². The summed E-state index contributed by atoms with van der Waals surface area (Å²) in [6.07, 6.45) is 0.437. The molecule has 1 aliphatic rings. The van der Waals surface area contributed by atoms with Gasteiger partial charge in [0.2, 0.25) is 5.91 Å². The third-order valence-corrected chi connectivity index (χ3v) is 5.16. The number of carbonyl (C=O) groups is 3. The zero-order chi connectivity index (χ0) is 17.0. The van der Waals surface area contributed by atoms with E-state index < -0.39 is 0 Å². The summed E-state index contributed by atoms with van der Waals surface area (Å²) in [7, 11) is 0. The van der Waals surface area contributed by atoms with Gasteiger partial charge in [-0.2, -0.15) is 0 Å². The number of rotatable bonds is 5. The molecule has 0 saturated carbocycles. The maximum atomic E-state index is 12.2. The van der Waals surface area contributed by atoms with Gasteiger partial charge < -0.3 is 9.64 Å². The van der Waals surface area contributed by atoms with Crippen LogP contribution in [0, 0.1) is 5.92 Å². The number of thioether (sulfide) groups is 1. The molecule has 1 aliphatic heterocycles. The standard InChI is InChI=1S/C16H18BrNO4S/c1-3-22-16(21)12-4-5-14(13(17)7-12)18-8-11(6-15(18)20)9-23-10(2)19/h4-5,7,11H,3,6,8-9H2,1-2H3. The van der Waals surface area contributed by atoms with Crippen LogP contribution in [0.3, 0.4) is 0 Å². The first-order chi connectivity index (χ1) is 10.9. The summed E-state index contributed by atoms with van der Waals surface area (Å²) in [6, 6.07) is 5.07. The van der Waals surface area contributed by atoms with E-state index >= 15 is 0 Å². The molecule has 1 atom stereocenters. The van der Waals surface area contributed by atoms with Crippen molar-refractivity contribution >= 4 is 50.4 Å². The smallest absolute Gasteiger partial charge is 0.338 e. The summed E-state index contributed by atoms with van der Waals surface area (Å²) in [6.45, 7) is 4.18. The first kappa shape index (κ1) is 18.0. The van der Waals surface area contributed by atoms with Crippen LogP contribution in [0.4, 0.5) is 5.69 Å². The van der Waals surface area contributed by atoms with E-state index in [-0.39, 0.29) is 22.9 Å². The molecule has 1 aromatic carbocycles. The van der Waals surface area contributed by atoms with E-state index in [0.29, 0.717) is 35.4 Å². The van der Waals surface area contributed by atoms with Crippen LogP contribution in [0.2, 0.25) is 0 Å². The number of hydrogen-bond acceptors (Lipinski definition) is 5. The van der Waals surface area contributed by atoms with Crippen LogP contribution in [0.25, 0.3) is 0 Å². The van der Waals surface area contributed by atoms with Gasteiger partial charge in [-0.3, -0.25) is 9.59 Å². The molecular formula is C16H18BrNO4S. The maximum absolute atomic E-state index is 12.2. The third kappa shape index (κ3) is 4.57. The van der Waals surface area contributed by atoms with Gasteiger partial charge in [0.05, 0.1) is 17.9 Å². The highest BCUT2D eigenvalue weighted by molar-refractivity contribution is 9.10. The lowest BCUT2D eigenvalue weighted by Gasteiger charge is -2.19. The summed E-state index contributed by atoms with van der Waals surface area (Å²) in [4.78, 5) is 36.7. The topological polar surface area (TPSA) is 63.7 Å². The fourth-order valence-corrected chi connectivity index (χ4v) is 3.71. The van der Waals surface area contributed by atoms with Crippen molar-refractivity contribution in [2.45, 2.75) is 20.3 Å². The lowest BCUT2D eigenvalue weighted by Crippen LogP contribution is -2.25. The summed E-state index contributed by atoms with van der Waals surface area (Å²) in [5.41, 5.74) is 1.18. The van der Waals surface area contributed by atoms with Crippen LogP contribution in [0.15, 0.2) is 22.7 Å². The van der Waals surface area contributed by atoms with Crippen LogP contribution >= 0.6 is 27.7 Å². The molecule has 1 heterocycles. The number of benzene rings is 1. The largest absolute Gasteiger partial charge is 0.462 e. The van der Waals surface area contributed by atoms with E-state index in [1.54, 1.807) is 30.0 Å². The van der Waals surface area contributed by atoms with Crippen molar-refractivity contribution < 1.29 is 19.1 Å². The van der Waals surface area contributed by atoms with Gasteiger partial charge in [0.25, 0.3) is 0 Å². The first-order valence-electron chi connectivity index (χ1n) is 7.32. The quantitative estimate of drug-likeness (QED) is 0.710. The van der Waals surface area contributed by atoms with E-state index in [2.05, 4.69) is 15.9 Å². The zero-order valence-electron chi connectivity index (χ0n) is 13.0. The lowest BCUT2D eigenvalue weighted by molar-refractivity contribution is -0.117. The van der Waals surface area contributed by atoms with Crippen LogP contribution in [-0.2, 0) is 14.3 Å². The molecule has 5 nitrogen and oxygen atoms in total. The molecule has 124 valence electrons. The second-order valence-electron chi connectivity index (χ2n) is 5.26. The number of esters is 1. The fourth-order valence-electron chi connectivity index (χ4n) is 2.43. The minimum atomic E-state index is -0.386. The Morgan fingerprint density at radius 3 is 2.78 bits per heavy atom. The second-order valence-corrected chi connectivity index (χ2v) is 7.32. The average molecular weight is 400 g/mol. The highest BCUT2D eigenvalue weighted by atomic mass is 79.9. The molecule has 1 saturated heterocycles. The third-order valence-electron chi connectivity index (χ3n) is 3.48. The molecular weight excluding hydrogens is 382 g/mol. The number of halogens is 1. The second kappa shape index (κ2) is 7.97.